The Hall–Kier alpha value is -1.05. The number of hydrogen-bond acceptors (Lipinski definition) is 3. The number of hydrogen-bond donors (Lipinski definition) is 2. The van der Waals surface area contributed by atoms with Gasteiger partial charge in [-0.3, -0.25) is 0 Å². The molecule has 0 unspecified atom stereocenters. The van der Waals surface area contributed by atoms with E-state index in [4.69, 9.17) is 11.5 Å². The zero-order valence-electron chi connectivity index (χ0n) is 10.6. The summed E-state index contributed by atoms with van der Waals surface area (Å²) in [4.78, 5) is 0. The highest BCUT2D eigenvalue weighted by Gasteiger charge is 2.44. The molecule has 0 aliphatic rings. The van der Waals surface area contributed by atoms with E-state index >= 15 is 0 Å². The topological polar surface area (TPSA) is 61.3 Å². The molecule has 0 aliphatic heterocycles. The van der Waals surface area contributed by atoms with Crippen LogP contribution in [0.4, 0.5) is 17.6 Å². The van der Waals surface area contributed by atoms with E-state index in [1.165, 1.54) is 18.2 Å². The van der Waals surface area contributed by atoms with Crippen molar-refractivity contribution in [3.8, 4) is 5.75 Å². The summed E-state index contributed by atoms with van der Waals surface area (Å²) in [7, 11) is 0. The van der Waals surface area contributed by atoms with Gasteiger partial charge in [0.25, 0.3) is 0 Å². The summed E-state index contributed by atoms with van der Waals surface area (Å²) < 4.78 is 54.1. The number of para-hydroxylation sites is 1. The second-order valence-electron chi connectivity index (χ2n) is 4.04. The average molecular weight is 317 g/mol. The van der Waals surface area contributed by atoms with Gasteiger partial charge in [0.15, 0.2) is 0 Å². The van der Waals surface area contributed by atoms with Gasteiger partial charge in [-0.25, -0.2) is 0 Å². The molecule has 1 aromatic carbocycles. The normalized spacial score (nSPS) is 12.9. The van der Waals surface area contributed by atoms with Crippen LogP contribution in [0.2, 0.25) is 0 Å². The molecule has 0 bridgehead atoms. The molecule has 3 nitrogen and oxygen atoms in total. The summed E-state index contributed by atoms with van der Waals surface area (Å²) in [6.45, 7) is 0.407. The second kappa shape index (κ2) is 8.28. The van der Waals surface area contributed by atoms with E-state index in [1.807, 2.05) is 0 Å². The minimum Gasteiger partial charge on any atom is -0.428 e. The van der Waals surface area contributed by atoms with Crippen LogP contribution < -0.4 is 16.2 Å². The molecule has 0 heterocycles. The molecule has 0 saturated carbocycles. The van der Waals surface area contributed by atoms with Crippen LogP contribution in [0, 0.1) is 0 Å². The van der Waals surface area contributed by atoms with Crippen LogP contribution in [0.25, 0.3) is 0 Å². The molecular weight excluding hydrogens is 300 g/mol. The lowest BCUT2D eigenvalue weighted by Crippen LogP contribution is -2.34. The molecular formula is C12H17ClF4N2O. The van der Waals surface area contributed by atoms with Crippen molar-refractivity contribution in [3.05, 3.63) is 29.8 Å². The molecule has 0 aromatic heterocycles. The number of ether oxygens (including phenoxy) is 1. The number of halogens is 5. The Kier molecular flexibility index (Phi) is 7.85. The lowest BCUT2D eigenvalue weighted by atomic mass is 10.0. The summed E-state index contributed by atoms with van der Waals surface area (Å²) in [6, 6.07) is 5.06. The maximum atomic E-state index is 12.9. The lowest BCUT2D eigenvalue weighted by Gasteiger charge is -2.21. The van der Waals surface area contributed by atoms with Crippen LogP contribution in [0.5, 0.6) is 5.75 Å². The summed E-state index contributed by atoms with van der Waals surface area (Å²) in [5.41, 5.74) is 11.4. The molecule has 4 N–H and O–H groups in total. The van der Waals surface area contributed by atoms with Gasteiger partial charge >= 0.3 is 12.5 Å². The van der Waals surface area contributed by atoms with Gasteiger partial charge in [-0.05, 0) is 25.5 Å². The molecule has 0 aliphatic carbocycles. The van der Waals surface area contributed by atoms with Crippen LogP contribution in [-0.2, 0) is 0 Å². The number of alkyl halides is 4. The maximum Gasteiger partial charge on any atom is 0.461 e. The maximum absolute atomic E-state index is 12.9. The van der Waals surface area contributed by atoms with Crippen molar-refractivity contribution in [2.75, 3.05) is 6.54 Å². The molecule has 0 saturated heterocycles. The molecule has 116 valence electrons. The van der Waals surface area contributed by atoms with Crippen molar-refractivity contribution in [3.63, 3.8) is 0 Å². The number of rotatable bonds is 7. The molecule has 1 atom stereocenters. The smallest absolute Gasteiger partial charge is 0.428 e. The van der Waals surface area contributed by atoms with E-state index in [2.05, 4.69) is 4.74 Å². The Balaban J connectivity index is 0.00000361. The Morgan fingerprint density at radius 2 is 1.80 bits per heavy atom. The molecule has 1 aromatic rings. The quantitative estimate of drug-likeness (QED) is 0.760. The van der Waals surface area contributed by atoms with Crippen molar-refractivity contribution in [1.82, 2.24) is 0 Å². The van der Waals surface area contributed by atoms with Crippen molar-refractivity contribution < 1.29 is 22.3 Å². The van der Waals surface area contributed by atoms with E-state index < -0.39 is 18.6 Å². The number of benzene rings is 1. The Morgan fingerprint density at radius 3 is 2.35 bits per heavy atom. The van der Waals surface area contributed by atoms with Gasteiger partial charge in [0.2, 0.25) is 0 Å². The van der Waals surface area contributed by atoms with Crippen molar-refractivity contribution in [2.24, 2.45) is 11.5 Å². The fraction of sp³-hybridized carbons (Fsp3) is 0.500. The Labute approximate surface area is 120 Å². The summed E-state index contributed by atoms with van der Waals surface area (Å²) >= 11 is 0. The van der Waals surface area contributed by atoms with Gasteiger partial charge < -0.3 is 16.2 Å². The molecule has 0 spiro atoms. The zero-order valence-corrected chi connectivity index (χ0v) is 11.4. The third-order valence-corrected chi connectivity index (χ3v) is 2.54. The molecule has 0 amide bonds. The van der Waals surface area contributed by atoms with E-state index in [0.717, 1.165) is 0 Å². The predicted molar refractivity (Wildman–Crippen MR) is 70.5 cm³/mol. The van der Waals surface area contributed by atoms with E-state index in [1.54, 1.807) is 6.07 Å². The summed E-state index contributed by atoms with van der Waals surface area (Å²) in [6.07, 6.45) is -7.39. The minimum atomic E-state index is -4.54. The zero-order chi connectivity index (χ0) is 14.5. The van der Waals surface area contributed by atoms with Gasteiger partial charge in [-0.15, -0.1) is 12.4 Å². The minimum absolute atomic E-state index is 0. The van der Waals surface area contributed by atoms with Gasteiger partial charge in [-0.1, -0.05) is 18.2 Å². The van der Waals surface area contributed by atoms with Crippen molar-refractivity contribution >= 4 is 12.4 Å². The Morgan fingerprint density at radius 1 is 1.20 bits per heavy atom. The van der Waals surface area contributed by atoms with E-state index in [-0.39, 0.29) is 23.7 Å². The highest BCUT2D eigenvalue weighted by atomic mass is 35.5. The van der Waals surface area contributed by atoms with Gasteiger partial charge in [0, 0.05) is 11.6 Å². The average Bonchev–Trinajstić information content (AvgIpc) is 2.36. The first-order valence-electron chi connectivity index (χ1n) is 5.78. The van der Waals surface area contributed by atoms with Gasteiger partial charge in [0.1, 0.15) is 5.75 Å². The van der Waals surface area contributed by atoms with Crippen LogP contribution >= 0.6 is 12.4 Å². The summed E-state index contributed by atoms with van der Waals surface area (Å²) in [5.74, 6) is -0.336. The molecule has 0 radical (unpaired) electrons. The van der Waals surface area contributed by atoms with Crippen LogP contribution in [-0.4, -0.2) is 19.1 Å². The predicted octanol–water partition coefficient (Wildman–Crippen LogP) is 3.08. The van der Waals surface area contributed by atoms with E-state index in [0.29, 0.717) is 19.4 Å². The van der Waals surface area contributed by atoms with Gasteiger partial charge in [-0.2, -0.15) is 17.6 Å². The number of nitrogens with two attached hydrogens (primary N) is 2. The Bertz CT molecular complexity index is 407. The molecule has 1 rings (SSSR count). The standard InChI is InChI=1S/C12H16F4N2O.ClH/c13-11(14)12(15,16)19-10-6-2-1-4-8(10)9(18)5-3-7-17;/h1-2,4,6,9,11H,3,5,7,17-18H2;1H/t9-;/m0./s1. The van der Waals surface area contributed by atoms with Crippen molar-refractivity contribution in [2.45, 2.75) is 31.4 Å². The molecule has 0 fully saturated rings. The van der Waals surface area contributed by atoms with E-state index in [9.17, 15) is 17.6 Å². The second-order valence-corrected chi connectivity index (χ2v) is 4.04. The molecule has 20 heavy (non-hydrogen) atoms. The highest BCUT2D eigenvalue weighted by molar-refractivity contribution is 5.85. The third kappa shape index (κ3) is 5.15. The fourth-order valence-corrected chi connectivity index (χ4v) is 1.56. The highest BCUT2D eigenvalue weighted by Crippen LogP contribution is 2.32. The van der Waals surface area contributed by atoms with Crippen LogP contribution in [0.15, 0.2) is 24.3 Å². The summed E-state index contributed by atoms with van der Waals surface area (Å²) in [5, 5.41) is 0. The van der Waals surface area contributed by atoms with Crippen molar-refractivity contribution in [1.29, 1.82) is 0 Å². The SMILES string of the molecule is Cl.NCCC[C@H](N)c1ccccc1OC(F)(F)C(F)F. The third-order valence-electron chi connectivity index (χ3n) is 2.54. The first-order chi connectivity index (χ1) is 8.88. The van der Waals surface area contributed by atoms with Crippen LogP contribution in [0.3, 0.4) is 0 Å². The first-order valence-corrected chi connectivity index (χ1v) is 5.78. The lowest BCUT2D eigenvalue weighted by molar-refractivity contribution is -0.253. The fourth-order valence-electron chi connectivity index (χ4n) is 1.56. The van der Waals surface area contributed by atoms with Crippen LogP contribution in [0.1, 0.15) is 24.4 Å². The largest absolute Gasteiger partial charge is 0.461 e. The molecule has 8 heteroatoms. The van der Waals surface area contributed by atoms with Gasteiger partial charge in [0.05, 0.1) is 0 Å². The first kappa shape index (κ1) is 18.9. The monoisotopic (exact) mass is 316 g/mol.